The van der Waals surface area contributed by atoms with Gasteiger partial charge in [0.15, 0.2) is 18.2 Å². The molecule has 1 aromatic heterocycles. The Kier molecular flexibility index (Phi) is 11.8. The van der Waals surface area contributed by atoms with Crippen LogP contribution in [0, 0.1) is 62.6 Å². The van der Waals surface area contributed by atoms with Crippen LogP contribution in [0.3, 0.4) is 0 Å². The van der Waals surface area contributed by atoms with E-state index in [1.165, 1.54) is 0 Å². The fraction of sp³-hybridized carbons (Fsp3) is 0.787. The van der Waals surface area contributed by atoms with Gasteiger partial charge in [0.25, 0.3) is 5.91 Å². The van der Waals surface area contributed by atoms with Gasteiger partial charge in [-0.2, -0.15) is 18.3 Å². The lowest BCUT2D eigenvalue weighted by atomic mass is 9.33. The molecule has 1 aromatic rings. The standard InChI is InChI=1S/C47H67F3N5O11P/c1-24(2)34-29(56)20-45(53-39(61)46(21-51-22-46)52-36(57)28-19-32(47(48,49)50)54-55(28)23-65-67(62,63)64)17-16-43(8)25(35(34)45)10-11-31-42(7)14-13-33(41(5,6)30(42)12-15-44(31,43)9)66-38(60)27-18-26(37(58)59)40(27,3)4/h19,24-27,30-31,33,51H,10-18,20-23H2,1-9H3,(H,52,57)(H,53,61)(H,58,59)(H2,62,63,64)/t25-,26+,27-,30+,31-,33+,42+,43-,44-,45-/m1/s1. The number of halogens is 3. The van der Waals surface area contributed by atoms with Gasteiger partial charge in [0.05, 0.1) is 17.4 Å². The van der Waals surface area contributed by atoms with Crippen LogP contribution in [0.15, 0.2) is 17.2 Å². The molecule has 1 aliphatic heterocycles. The van der Waals surface area contributed by atoms with Gasteiger partial charge in [-0.05, 0) is 114 Å². The van der Waals surface area contributed by atoms with E-state index in [0.717, 1.165) is 37.7 Å². The molecule has 0 aromatic carbocycles. The van der Waals surface area contributed by atoms with Crippen molar-refractivity contribution in [1.29, 1.82) is 0 Å². The van der Waals surface area contributed by atoms with Crippen molar-refractivity contribution in [1.82, 2.24) is 25.7 Å². The first-order valence-corrected chi connectivity index (χ1v) is 25.2. The SMILES string of the molecule is CC(C)C1=C2[C@H]3CC[C@@H]4[C@@]5(C)CC[C@H](OC(=O)[C@H]6C[C@@H](C(=O)O)C6(C)C)C(C)(C)[C@@H]5CC[C@@]4(C)[C@]3(C)CC[C@@]2(NC(=O)C2(NC(=O)c3cc(C(F)(F)F)nn3COP(=O)(O)O)CNC2)CC1=O. The molecule has 0 radical (unpaired) electrons. The second kappa shape index (κ2) is 15.9. The molecule has 6 aliphatic carbocycles. The number of amides is 2. The molecule has 2 amide bonds. The van der Waals surface area contributed by atoms with Gasteiger partial charge in [-0.1, -0.05) is 62.3 Å². The number of carbonyl (C=O) groups excluding carboxylic acids is 4. The molecular weight excluding hydrogens is 899 g/mol. The zero-order chi connectivity index (χ0) is 49.5. The minimum Gasteiger partial charge on any atom is -0.481 e. The first-order chi connectivity index (χ1) is 30.8. The van der Waals surface area contributed by atoms with E-state index >= 15 is 0 Å². The predicted molar refractivity (Wildman–Crippen MR) is 234 cm³/mol. The Bertz CT molecular complexity index is 2350. The maximum atomic E-state index is 14.7. The summed E-state index contributed by atoms with van der Waals surface area (Å²) >= 11 is 0. The molecular formula is C47H67F3N5O11P. The number of phosphoric ester groups is 1. The number of allylic oxidation sites excluding steroid dienone is 1. The van der Waals surface area contributed by atoms with Gasteiger partial charge in [0, 0.05) is 31.0 Å². The van der Waals surface area contributed by atoms with Gasteiger partial charge >= 0.3 is 25.9 Å². The van der Waals surface area contributed by atoms with Gasteiger partial charge in [-0.15, -0.1) is 0 Å². The number of carbonyl (C=O) groups is 5. The van der Waals surface area contributed by atoms with Crippen LogP contribution in [0.4, 0.5) is 13.2 Å². The molecule has 5 saturated carbocycles. The fourth-order valence-electron chi connectivity index (χ4n) is 15.2. The van der Waals surface area contributed by atoms with E-state index < -0.39 is 78.2 Å². The van der Waals surface area contributed by atoms with Crippen LogP contribution in [0.5, 0.6) is 0 Å². The molecule has 7 aliphatic rings. The lowest BCUT2D eigenvalue weighted by molar-refractivity contribution is -0.235. The molecule has 2 heterocycles. The molecule has 6 fully saturated rings. The lowest BCUT2D eigenvalue weighted by Gasteiger charge is -2.72. The topological polar surface area (TPSA) is 235 Å². The van der Waals surface area contributed by atoms with Crippen molar-refractivity contribution in [2.75, 3.05) is 13.1 Å². The summed E-state index contributed by atoms with van der Waals surface area (Å²) in [5, 5.41) is 21.8. The summed E-state index contributed by atoms with van der Waals surface area (Å²) in [7, 11) is -5.18. The zero-order valence-corrected chi connectivity index (χ0v) is 40.8. The van der Waals surface area contributed by atoms with E-state index in [9.17, 15) is 56.6 Å². The van der Waals surface area contributed by atoms with Crippen molar-refractivity contribution >= 4 is 37.4 Å². The van der Waals surface area contributed by atoms with Gasteiger partial charge < -0.3 is 35.6 Å². The van der Waals surface area contributed by atoms with Crippen molar-refractivity contribution in [2.24, 2.45) is 62.6 Å². The molecule has 0 unspecified atom stereocenters. The van der Waals surface area contributed by atoms with Gasteiger partial charge in [-0.25, -0.2) is 9.25 Å². The molecule has 20 heteroatoms. The van der Waals surface area contributed by atoms with Crippen molar-refractivity contribution in [2.45, 2.75) is 157 Å². The minimum absolute atomic E-state index is 0.0380. The lowest BCUT2D eigenvalue weighted by Crippen LogP contribution is -2.77. The van der Waals surface area contributed by atoms with Crippen LogP contribution in [-0.4, -0.2) is 84.5 Å². The Morgan fingerprint density at radius 1 is 0.910 bits per heavy atom. The summed E-state index contributed by atoms with van der Waals surface area (Å²) in [6.07, 6.45) is 1.18. The normalized spacial score (nSPS) is 37.2. The molecule has 8 rings (SSSR count). The number of nitrogens with zero attached hydrogens (tertiary/aromatic N) is 2. The number of aliphatic carboxylic acids is 1. The van der Waals surface area contributed by atoms with Crippen LogP contribution >= 0.6 is 7.82 Å². The first-order valence-electron chi connectivity index (χ1n) is 23.7. The number of carboxylic acid groups (broad SMARTS) is 1. The highest BCUT2D eigenvalue weighted by molar-refractivity contribution is 7.46. The van der Waals surface area contributed by atoms with Crippen molar-refractivity contribution in [3.05, 3.63) is 28.6 Å². The van der Waals surface area contributed by atoms with E-state index in [2.05, 4.69) is 60.2 Å². The predicted octanol–water partition coefficient (Wildman–Crippen LogP) is 6.55. The smallest absolute Gasteiger partial charge is 0.471 e. The monoisotopic (exact) mass is 965 g/mol. The number of hydrogen-bond donors (Lipinski definition) is 6. The molecule has 67 heavy (non-hydrogen) atoms. The number of aromatic nitrogens is 2. The number of carboxylic acids is 1. The second-order valence-electron chi connectivity index (χ2n) is 23.3. The highest BCUT2D eigenvalue weighted by Gasteiger charge is 2.71. The second-order valence-corrected chi connectivity index (χ2v) is 24.6. The summed E-state index contributed by atoms with van der Waals surface area (Å²) in [6, 6.07) is 0.421. The Balaban J connectivity index is 1.04. The van der Waals surface area contributed by atoms with E-state index in [4.69, 9.17) is 4.74 Å². The number of Topliss-reactive ketones (excluding diaryl/α,β-unsaturated/α-hetero) is 1. The Morgan fingerprint density at radius 3 is 2.15 bits per heavy atom. The average Bonchev–Trinajstić information content (AvgIpc) is 3.75. The molecule has 10 atom stereocenters. The molecule has 1 saturated heterocycles. The number of ether oxygens (including phenoxy) is 1. The largest absolute Gasteiger partial charge is 0.481 e. The summed E-state index contributed by atoms with van der Waals surface area (Å²) in [5.41, 5.74) is -4.88. The number of alkyl halides is 3. The number of esters is 1. The van der Waals surface area contributed by atoms with Crippen LogP contribution in [0.1, 0.15) is 143 Å². The third kappa shape index (κ3) is 7.65. The maximum Gasteiger partial charge on any atom is 0.471 e. The number of ketones is 1. The average molecular weight is 966 g/mol. The first kappa shape index (κ1) is 49.8. The van der Waals surface area contributed by atoms with Crippen LogP contribution in [0.25, 0.3) is 0 Å². The summed E-state index contributed by atoms with van der Waals surface area (Å²) < 4.78 is 63.8. The van der Waals surface area contributed by atoms with E-state index in [1.807, 2.05) is 27.7 Å². The number of hydrogen-bond acceptors (Lipinski definition) is 10. The molecule has 6 N–H and O–H groups in total. The molecule has 0 spiro atoms. The van der Waals surface area contributed by atoms with Crippen LogP contribution in [0.2, 0.25) is 0 Å². The highest BCUT2D eigenvalue weighted by atomic mass is 31.2. The van der Waals surface area contributed by atoms with E-state index in [-0.39, 0.29) is 83.2 Å². The van der Waals surface area contributed by atoms with Crippen molar-refractivity contribution < 1.29 is 65.9 Å². The summed E-state index contributed by atoms with van der Waals surface area (Å²) in [6.45, 7) is 17.9. The zero-order valence-electron chi connectivity index (χ0n) is 39.9. The van der Waals surface area contributed by atoms with E-state index in [0.29, 0.717) is 41.5 Å². The number of fused-ring (bicyclic) bond motifs is 7. The van der Waals surface area contributed by atoms with Crippen molar-refractivity contribution in [3.8, 4) is 0 Å². The highest BCUT2D eigenvalue weighted by Crippen LogP contribution is 2.76. The molecule has 0 bridgehead atoms. The number of rotatable bonds is 11. The summed E-state index contributed by atoms with van der Waals surface area (Å²) in [5.74, 6) is -3.73. The van der Waals surface area contributed by atoms with Crippen LogP contribution < -0.4 is 16.0 Å². The Hall–Kier alpha value is -3.64. The maximum absolute atomic E-state index is 14.7. The van der Waals surface area contributed by atoms with E-state index in [1.54, 1.807) is 0 Å². The van der Waals surface area contributed by atoms with Gasteiger partial charge in [0.2, 0.25) is 5.91 Å². The van der Waals surface area contributed by atoms with Gasteiger partial charge in [0.1, 0.15) is 17.3 Å². The van der Waals surface area contributed by atoms with Gasteiger partial charge in [-0.3, -0.25) is 28.5 Å². The third-order valence-corrected chi connectivity index (χ3v) is 19.6. The molecule has 372 valence electrons. The Morgan fingerprint density at radius 2 is 1.58 bits per heavy atom. The fourth-order valence-corrected chi connectivity index (χ4v) is 15.4. The number of phosphoric acid groups is 1. The number of nitrogens with one attached hydrogen (secondary N) is 3. The van der Waals surface area contributed by atoms with Crippen LogP contribution in [-0.2, 0) is 45.9 Å². The molecule has 16 nitrogen and oxygen atoms in total. The minimum atomic E-state index is -5.18. The third-order valence-electron chi connectivity index (χ3n) is 19.1. The quantitative estimate of drug-likeness (QED) is 0.102. The van der Waals surface area contributed by atoms with Crippen molar-refractivity contribution in [3.63, 3.8) is 0 Å². The Labute approximate surface area is 388 Å². The summed E-state index contributed by atoms with van der Waals surface area (Å²) in [4.78, 5) is 86.8.